The van der Waals surface area contributed by atoms with Gasteiger partial charge >= 0.3 is 0 Å². The Kier molecular flexibility index (Phi) is 8.92. The topological polar surface area (TPSA) is 88.9 Å². The number of alkyl halides is 1. The molecule has 0 radical (unpaired) electrons. The van der Waals surface area contributed by atoms with E-state index in [1.54, 1.807) is 11.6 Å². The molecule has 2 heterocycles. The smallest absolute Gasteiger partial charge is 0.294 e. The molecule has 1 amide bonds. The lowest BCUT2D eigenvalue weighted by atomic mass is 9.89. The Morgan fingerprint density at radius 1 is 1.09 bits per heavy atom. The summed E-state index contributed by atoms with van der Waals surface area (Å²) < 4.78 is 12.0. The van der Waals surface area contributed by atoms with E-state index in [1.807, 2.05) is 42.5 Å². The van der Waals surface area contributed by atoms with Gasteiger partial charge in [0.25, 0.3) is 5.56 Å². The van der Waals surface area contributed by atoms with Gasteiger partial charge in [-0.3, -0.25) is 18.5 Å². The molecule has 1 aliphatic carbocycles. The van der Waals surface area contributed by atoms with Crippen LogP contribution in [0, 0.1) is 5.92 Å². The van der Waals surface area contributed by atoms with Crippen molar-refractivity contribution in [3.8, 4) is 11.3 Å². The molecule has 1 aromatic carbocycles. The van der Waals surface area contributed by atoms with E-state index in [2.05, 4.69) is 15.6 Å². The molecule has 1 fully saturated rings. The first-order valence-electron chi connectivity index (χ1n) is 11.5. The number of aromatic nitrogens is 3. The molecule has 2 N–H and O–H groups in total. The van der Waals surface area contributed by atoms with Crippen molar-refractivity contribution in [3.05, 3.63) is 52.8 Å². The van der Waals surface area contributed by atoms with Crippen molar-refractivity contribution in [2.75, 3.05) is 25.6 Å². The molecule has 4 rings (SSSR count). The second-order valence-corrected chi connectivity index (χ2v) is 8.08. The molecule has 0 saturated heterocycles. The van der Waals surface area contributed by atoms with Gasteiger partial charge < -0.3 is 10.6 Å². The highest BCUT2D eigenvalue weighted by atomic mass is 19.1. The van der Waals surface area contributed by atoms with E-state index < -0.39 is 0 Å². The summed E-state index contributed by atoms with van der Waals surface area (Å²) in [5.41, 5.74) is 2.82. The SMILES string of the molecule is CCF.CNC(=O)CNc1nc2ccc(-c3ccccc3)nc2n(CC2CCCCC2)c1=O. The van der Waals surface area contributed by atoms with Crippen LogP contribution in [0.4, 0.5) is 10.2 Å². The first-order chi connectivity index (χ1) is 16.1. The first kappa shape index (κ1) is 24.4. The minimum absolute atomic E-state index is 0.00318. The monoisotopic (exact) mass is 453 g/mol. The van der Waals surface area contributed by atoms with E-state index in [4.69, 9.17) is 4.98 Å². The molecule has 33 heavy (non-hydrogen) atoms. The predicted octanol–water partition coefficient (Wildman–Crippen LogP) is 4.17. The van der Waals surface area contributed by atoms with E-state index in [9.17, 15) is 14.0 Å². The highest BCUT2D eigenvalue weighted by Gasteiger charge is 2.19. The van der Waals surface area contributed by atoms with Crippen LogP contribution in [-0.4, -0.2) is 40.7 Å². The Morgan fingerprint density at radius 2 is 1.79 bits per heavy atom. The maximum Gasteiger partial charge on any atom is 0.294 e. The van der Waals surface area contributed by atoms with Gasteiger partial charge in [0.2, 0.25) is 5.91 Å². The fourth-order valence-electron chi connectivity index (χ4n) is 4.05. The maximum absolute atomic E-state index is 13.3. The van der Waals surface area contributed by atoms with Crippen LogP contribution in [0.3, 0.4) is 0 Å². The zero-order valence-electron chi connectivity index (χ0n) is 19.3. The number of pyridine rings is 1. The van der Waals surface area contributed by atoms with E-state index in [0.717, 1.165) is 24.1 Å². The Labute approximate surface area is 193 Å². The van der Waals surface area contributed by atoms with Gasteiger partial charge in [-0.05, 0) is 37.8 Å². The summed E-state index contributed by atoms with van der Waals surface area (Å²) in [5.74, 6) is 0.444. The summed E-state index contributed by atoms with van der Waals surface area (Å²) in [4.78, 5) is 34.2. The highest BCUT2D eigenvalue weighted by Crippen LogP contribution is 2.26. The average molecular weight is 454 g/mol. The van der Waals surface area contributed by atoms with Crippen molar-refractivity contribution < 1.29 is 9.18 Å². The van der Waals surface area contributed by atoms with Gasteiger partial charge in [-0.2, -0.15) is 0 Å². The molecule has 0 atom stereocenters. The van der Waals surface area contributed by atoms with Crippen molar-refractivity contribution >= 4 is 22.9 Å². The van der Waals surface area contributed by atoms with E-state index in [1.165, 1.54) is 26.2 Å². The number of carbonyl (C=O) groups excluding carboxylic acids is 1. The number of likely N-dealkylation sites (N-methyl/N-ethyl adjacent to an activating group) is 1. The van der Waals surface area contributed by atoms with Crippen LogP contribution in [-0.2, 0) is 11.3 Å². The summed E-state index contributed by atoms with van der Waals surface area (Å²) in [5, 5.41) is 5.44. The summed E-state index contributed by atoms with van der Waals surface area (Å²) in [6, 6.07) is 13.7. The van der Waals surface area contributed by atoms with E-state index in [-0.39, 0.29) is 30.5 Å². The van der Waals surface area contributed by atoms with Gasteiger partial charge in [0.05, 0.1) is 18.9 Å². The fourth-order valence-corrected chi connectivity index (χ4v) is 4.05. The van der Waals surface area contributed by atoms with Gasteiger partial charge in [0.15, 0.2) is 11.5 Å². The zero-order chi connectivity index (χ0) is 23.6. The van der Waals surface area contributed by atoms with Crippen LogP contribution in [0.1, 0.15) is 39.0 Å². The van der Waals surface area contributed by atoms with E-state index >= 15 is 0 Å². The Morgan fingerprint density at radius 3 is 2.45 bits per heavy atom. The lowest BCUT2D eigenvalue weighted by molar-refractivity contribution is -0.118. The number of nitrogens with zero attached hydrogens (tertiary/aromatic N) is 3. The largest absolute Gasteiger partial charge is 0.358 e. The van der Waals surface area contributed by atoms with Crippen molar-refractivity contribution in [1.29, 1.82) is 0 Å². The Hall–Kier alpha value is -3.29. The maximum atomic E-state index is 13.3. The van der Waals surface area contributed by atoms with Crippen molar-refractivity contribution in [3.63, 3.8) is 0 Å². The number of amides is 1. The second-order valence-electron chi connectivity index (χ2n) is 8.08. The van der Waals surface area contributed by atoms with Gasteiger partial charge in [-0.25, -0.2) is 9.97 Å². The molecule has 0 spiro atoms. The highest BCUT2D eigenvalue weighted by molar-refractivity contribution is 5.81. The third-order valence-corrected chi connectivity index (χ3v) is 5.72. The van der Waals surface area contributed by atoms with Crippen LogP contribution < -0.4 is 16.2 Å². The Balaban J connectivity index is 0.000000968. The quantitative estimate of drug-likeness (QED) is 0.585. The summed E-state index contributed by atoms with van der Waals surface area (Å²) in [6.45, 7) is 1.83. The molecule has 176 valence electrons. The average Bonchev–Trinajstić information content (AvgIpc) is 2.86. The Bertz CT molecular complexity index is 1110. The molecule has 2 aromatic heterocycles. The molecule has 0 unspecified atom stereocenters. The first-order valence-corrected chi connectivity index (χ1v) is 11.5. The van der Waals surface area contributed by atoms with Gasteiger partial charge in [0, 0.05) is 19.2 Å². The molecule has 1 saturated carbocycles. The summed E-state index contributed by atoms with van der Waals surface area (Å²) in [6.07, 6.45) is 5.91. The number of anilines is 1. The van der Waals surface area contributed by atoms with Crippen LogP contribution in [0.25, 0.3) is 22.4 Å². The van der Waals surface area contributed by atoms with Crippen molar-refractivity contribution in [2.24, 2.45) is 5.92 Å². The third-order valence-electron chi connectivity index (χ3n) is 5.72. The van der Waals surface area contributed by atoms with Gasteiger partial charge in [-0.1, -0.05) is 49.6 Å². The lowest BCUT2D eigenvalue weighted by Gasteiger charge is -2.23. The number of rotatable bonds is 6. The van der Waals surface area contributed by atoms with Crippen LogP contribution >= 0.6 is 0 Å². The van der Waals surface area contributed by atoms with E-state index in [0.29, 0.717) is 23.6 Å². The number of hydrogen-bond acceptors (Lipinski definition) is 5. The molecule has 3 aromatic rings. The summed E-state index contributed by atoms with van der Waals surface area (Å²) >= 11 is 0. The number of halogens is 1. The predicted molar refractivity (Wildman–Crippen MR) is 130 cm³/mol. The van der Waals surface area contributed by atoms with Gasteiger partial charge in [-0.15, -0.1) is 0 Å². The van der Waals surface area contributed by atoms with Gasteiger partial charge in [0.1, 0.15) is 5.52 Å². The molecule has 1 aliphatic rings. The molecule has 7 nitrogen and oxygen atoms in total. The minimum Gasteiger partial charge on any atom is -0.358 e. The minimum atomic E-state index is -0.250. The normalized spacial score (nSPS) is 13.8. The zero-order valence-corrected chi connectivity index (χ0v) is 19.3. The van der Waals surface area contributed by atoms with Crippen molar-refractivity contribution in [1.82, 2.24) is 19.9 Å². The standard InChI is InChI=1S/C23H27N5O2.C2H5F/c1-24-20(29)14-25-21-23(30)28(15-16-8-4-2-5-9-16)22-19(26-21)13-12-18(27-22)17-10-6-3-7-11-17;1-2-3/h3,6-7,10-13,16H,2,4-5,8-9,14-15H2,1H3,(H,24,29)(H,25,26);2H2,1H3. The second kappa shape index (κ2) is 12.1. The van der Waals surface area contributed by atoms with Crippen LogP contribution in [0.2, 0.25) is 0 Å². The molecule has 0 bridgehead atoms. The number of fused-ring (bicyclic) bond motifs is 1. The van der Waals surface area contributed by atoms with Crippen molar-refractivity contribution in [2.45, 2.75) is 45.6 Å². The molecule has 8 heteroatoms. The fraction of sp³-hybridized carbons (Fsp3) is 0.440. The molecule has 0 aliphatic heterocycles. The number of nitrogens with one attached hydrogen (secondary N) is 2. The van der Waals surface area contributed by atoms with Crippen LogP contribution in [0.5, 0.6) is 0 Å². The number of carbonyl (C=O) groups is 1. The molecular weight excluding hydrogens is 421 g/mol. The number of hydrogen-bond donors (Lipinski definition) is 2. The molecular formula is C25H32FN5O2. The summed E-state index contributed by atoms with van der Waals surface area (Å²) in [7, 11) is 1.56. The van der Waals surface area contributed by atoms with Crippen LogP contribution in [0.15, 0.2) is 47.3 Å². The lowest BCUT2D eigenvalue weighted by Crippen LogP contribution is -2.32. The number of benzene rings is 1. The third kappa shape index (κ3) is 6.37.